The van der Waals surface area contributed by atoms with Crippen LogP contribution in [0.2, 0.25) is 5.02 Å². The normalized spacial score (nSPS) is 11.2. The number of hydrogen-bond donors (Lipinski definition) is 1. The van der Waals surface area contributed by atoms with Crippen LogP contribution in [0.4, 0.5) is 18.9 Å². The fourth-order valence-electron chi connectivity index (χ4n) is 2.66. The number of halogens is 4. The molecule has 30 heavy (non-hydrogen) atoms. The highest BCUT2D eigenvalue weighted by Crippen LogP contribution is 2.38. The molecule has 1 heterocycles. The molecule has 3 rings (SSSR count). The summed E-state index contributed by atoms with van der Waals surface area (Å²) in [5, 5.41) is 5.91. The molecule has 156 valence electrons. The maximum absolute atomic E-state index is 13.1. The monoisotopic (exact) mass is 437 g/mol. The lowest BCUT2D eigenvalue weighted by atomic mass is 10.1. The molecule has 0 aliphatic heterocycles. The van der Waals surface area contributed by atoms with E-state index in [1.165, 1.54) is 18.2 Å². The Morgan fingerprint density at radius 1 is 1.13 bits per heavy atom. The van der Waals surface area contributed by atoms with Gasteiger partial charge in [-0.25, -0.2) is 9.48 Å². The van der Waals surface area contributed by atoms with Crippen molar-refractivity contribution in [3.63, 3.8) is 0 Å². The predicted octanol–water partition coefficient (Wildman–Crippen LogP) is 4.65. The number of esters is 1. The van der Waals surface area contributed by atoms with Crippen molar-refractivity contribution in [1.29, 1.82) is 0 Å². The first-order chi connectivity index (χ1) is 14.2. The summed E-state index contributed by atoms with van der Waals surface area (Å²) >= 11 is 5.78. The van der Waals surface area contributed by atoms with Gasteiger partial charge in [-0.1, -0.05) is 17.7 Å². The topological polar surface area (TPSA) is 73.2 Å². The summed E-state index contributed by atoms with van der Waals surface area (Å²) in [6.07, 6.45) is -3.07. The number of anilines is 1. The molecule has 10 heteroatoms. The summed E-state index contributed by atoms with van der Waals surface area (Å²) < 4.78 is 45.8. The number of nitrogens with zero attached hydrogens (tertiary/aromatic N) is 2. The van der Waals surface area contributed by atoms with Crippen LogP contribution in [0, 0.1) is 6.92 Å². The largest absolute Gasteiger partial charge is 0.452 e. The molecule has 0 aliphatic carbocycles. The van der Waals surface area contributed by atoms with Gasteiger partial charge in [-0.15, -0.1) is 0 Å². The number of para-hydroxylation sites is 1. The summed E-state index contributed by atoms with van der Waals surface area (Å²) in [5.41, 5.74) is 0.112. The second-order valence-electron chi connectivity index (χ2n) is 6.22. The van der Waals surface area contributed by atoms with Crippen LogP contribution in [0.25, 0.3) is 5.69 Å². The molecule has 0 radical (unpaired) electrons. The van der Waals surface area contributed by atoms with Crippen molar-refractivity contribution in [2.45, 2.75) is 13.1 Å². The molecule has 2 aromatic carbocycles. The van der Waals surface area contributed by atoms with Crippen LogP contribution in [0.5, 0.6) is 0 Å². The van der Waals surface area contributed by atoms with Crippen LogP contribution in [0.1, 0.15) is 21.6 Å². The molecule has 1 aromatic heterocycles. The van der Waals surface area contributed by atoms with Crippen molar-refractivity contribution >= 4 is 29.2 Å². The van der Waals surface area contributed by atoms with Gasteiger partial charge in [0, 0.05) is 11.9 Å². The van der Waals surface area contributed by atoms with E-state index in [0.717, 1.165) is 23.5 Å². The van der Waals surface area contributed by atoms with Crippen molar-refractivity contribution in [2.24, 2.45) is 0 Å². The number of hydrogen-bond acceptors (Lipinski definition) is 4. The average Bonchev–Trinajstić information content (AvgIpc) is 3.13. The van der Waals surface area contributed by atoms with Gasteiger partial charge in [0.25, 0.3) is 5.91 Å². The van der Waals surface area contributed by atoms with Crippen LogP contribution in [0.3, 0.4) is 0 Å². The lowest BCUT2D eigenvalue weighted by Crippen LogP contribution is -2.23. The van der Waals surface area contributed by atoms with Crippen LogP contribution in [-0.4, -0.2) is 28.3 Å². The standard InChI is InChI=1S/C20H15ClF3N3O3/c1-12-9-10-25-27(12)14-7-5-13(6-8-14)19(29)30-11-17(28)26-18-15(20(22,23)24)3-2-4-16(18)21/h2-10H,11H2,1H3,(H,26,28). The SMILES string of the molecule is Cc1ccnn1-c1ccc(C(=O)OCC(=O)Nc2c(Cl)cccc2C(F)(F)F)cc1. The van der Waals surface area contributed by atoms with E-state index in [-0.39, 0.29) is 10.6 Å². The third-order valence-electron chi connectivity index (χ3n) is 4.10. The van der Waals surface area contributed by atoms with Gasteiger partial charge in [-0.05, 0) is 49.4 Å². The molecule has 0 spiro atoms. The molecule has 0 fully saturated rings. The molecule has 1 N–H and O–H groups in total. The lowest BCUT2D eigenvalue weighted by molar-refractivity contribution is -0.137. The number of alkyl halides is 3. The molecule has 0 unspecified atom stereocenters. The summed E-state index contributed by atoms with van der Waals surface area (Å²) in [7, 11) is 0. The maximum atomic E-state index is 13.1. The van der Waals surface area contributed by atoms with E-state index in [1.807, 2.05) is 18.3 Å². The van der Waals surface area contributed by atoms with Gasteiger partial charge in [-0.3, -0.25) is 4.79 Å². The highest BCUT2D eigenvalue weighted by Gasteiger charge is 2.34. The van der Waals surface area contributed by atoms with Gasteiger partial charge in [0.1, 0.15) is 0 Å². The summed E-state index contributed by atoms with van der Waals surface area (Å²) in [4.78, 5) is 24.1. The Bertz CT molecular complexity index is 1080. The molecule has 3 aromatic rings. The lowest BCUT2D eigenvalue weighted by Gasteiger charge is -2.15. The number of benzene rings is 2. The quantitative estimate of drug-likeness (QED) is 0.590. The third kappa shape index (κ3) is 4.80. The van der Waals surface area contributed by atoms with Crippen LogP contribution >= 0.6 is 11.6 Å². The number of amides is 1. The zero-order chi connectivity index (χ0) is 21.9. The van der Waals surface area contributed by atoms with Gasteiger partial charge in [-0.2, -0.15) is 18.3 Å². The highest BCUT2D eigenvalue weighted by atomic mass is 35.5. The highest BCUT2D eigenvalue weighted by molar-refractivity contribution is 6.34. The zero-order valence-electron chi connectivity index (χ0n) is 15.5. The molecule has 0 aliphatic rings. The number of ether oxygens (including phenoxy) is 1. The molecular formula is C20H15ClF3N3O3. The van der Waals surface area contributed by atoms with Gasteiger partial charge < -0.3 is 10.1 Å². The van der Waals surface area contributed by atoms with E-state index in [4.69, 9.17) is 16.3 Å². The van der Waals surface area contributed by atoms with E-state index in [1.54, 1.807) is 23.0 Å². The molecule has 0 saturated carbocycles. The first-order valence-electron chi connectivity index (χ1n) is 8.60. The van der Waals surface area contributed by atoms with Crippen molar-refractivity contribution in [3.05, 3.63) is 76.6 Å². The molecule has 1 amide bonds. The number of carbonyl (C=O) groups excluding carboxylic acids is 2. The van der Waals surface area contributed by atoms with Crippen molar-refractivity contribution in [1.82, 2.24) is 9.78 Å². The van der Waals surface area contributed by atoms with Gasteiger partial charge in [0.15, 0.2) is 6.61 Å². The third-order valence-corrected chi connectivity index (χ3v) is 4.41. The number of nitrogens with one attached hydrogen (secondary N) is 1. The second kappa shape index (κ2) is 8.58. The van der Waals surface area contributed by atoms with Crippen molar-refractivity contribution in [2.75, 3.05) is 11.9 Å². The Morgan fingerprint density at radius 2 is 1.83 bits per heavy atom. The van der Waals surface area contributed by atoms with E-state index in [2.05, 4.69) is 5.10 Å². The van der Waals surface area contributed by atoms with Crippen LogP contribution in [0.15, 0.2) is 54.7 Å². The molecule has 6 nitrogen and oxygen atoms in total. The number of carbonyl (C=O) groups is 2. The molecule has 0 atom stereocenters. The number of aryl methyl sites for hydroxylation is 1. The summed E-state index contributed by atoms with van der Waals surface area (Å²) in [6, 6.07) is 11.2. The van der Waals surface area contributed by atoms with Crippen LogP contribution < -0.4 is 5.32 Å². The second-order valence-corrected chi connectivity index (χ2v) is 6.62. The van der Waals surface area contributed by atoms with Gasteiger partial charge in [0.05, 0.1) is 27.5 Å². The smallest absolute Gasteiger partial charge is 0.418 e. The fraction of sp³-hybridized carbons (Fsp3) is 0.150. The molecule has 0 bridgehead atoms. The molecular weight excluding hydrogens is 423 g/mol. The first kappa shape index (κ1) is 21.4. The summed E-state index contributed by atoms with van der Waals surface area (Å²) in [6.45, 7) is 1.10. The Labute approximate surface area is 174 Å². The van der Waals surface area contributed by atoms with Crippen molar-refractivity contribution in [3.8, 4) is 5.69 Å². The van der Waals surface area contributed by atoms with E-state index in [9.17, 15) is 22.8 Å². The fourth-order valence-corrected chi connectivity index (χ4v) is 2.88. The molecule has 0 saturated heterocycles. The minimum atomic E-state index is -4.71. The predicted molar refractivity (Wildman–Crippen MR) is 104 cm³/mol. The van der Waals surface area contributed by atoms with Crippen LogP contribution in [-0.2, 0) is 15.7 Å². The maximum Gasteiger partial charge on any atom is 0.418 e. The Hall–Kier alpha value is -3.33. The Kier molecular flexibility index (Phi) is 6.12. The number of rotatable bonds is 5. The first-order valence-corrected chi connectivity index (χ1v) is 8.98. The van der Waals surface area contributed by atoms with Crippen molar-refractivity contribution < 1.29 is 27.5 Å². The number of aromatic nitrogens is 2. The van der Waals surface area contributed by atoms with E-state index in [0.29, 0.717) is 0 Å². The minimum Gasteiger partial charge on any atom is -0.452 e. The van der Waals surface area contributed by atoms with E-state index < -0.39 is 35.9 Å². The van der Waals surface area contributed by atoms with E-state index >= 15 is 0 Å². The summed E-state index contributed by atoms with van der Waals surface area (Å²) in [5.74, 6) is -1.75. The minimum absolute atomic E-state index is 0.171. The van der Waals surface area contributed by atoms with Gasteiger partial charge in [0.2, 0.25) is 0 Å². The Balaban J connectivity index is 1.63. The Morgan fingerprint density at radius 3 is 2.43 bits per heavy atom. The zero-order valence-corrected chi connectivity index (χ0v) is 16.3. The van der Waals surface area contributed by atoms with Gasteiger partial charge >= 0.3 is 12.1 Å². The average molecular weight is 438 g/mol.